The van der Waals surface area contributed by atoms with Crippen LogP contribution in [0.5, 0.6) is 0 Å². The van der Waals surface area contributed by atoms with Gasteiger partial charge in [-0.1, -0.05) is 15.9 Å². The maximum atomic E-state index is 13.3. The normalized spacial score (nSPS) is 13.1. The van der Waals surface area contributed by atoms with E-state index in [0.29, 0.717) is 5.56 Å². The molecule has 0 fully saturated rings. The van der Waals surface area contributed by atoms with E-state index >= 15 is 0 Å². The molecule has 0 aliphatic carbocycles. The zero-order chi connectivity index (χ0) is 10.2. The van der Waals surface area contributed by atoms with Crippen LogP contribution >= 0.6 is 15.9 Å². The molecular formula is C10H13BrFN. The number of hydrogen-bond donors (Lipinski definition) is 1. The van der Waals surface area contributed by atoms with Crippen molar-refractivity contribution in [1.82, 2.24) is 0 Å². The molecule has 72 valence electrons. The average Bonchev–Trinajstić information content (AvgIpc) is 2.01. The van der Waals surface area contributed by atoms with Crippen molar-refractivity contribution in [3.05, 3.63) is 33.0 Å². The molecule has 0 spiro atoms. The number of halogens is 2. The van der Waals surface area contributed by atoms with Gasteiger partial charge in [-0.3, -0.25) is 0 Å². The van der Waals surface area contributed by atoms with Crippen LogP contribution in [0.25, 0.3) is 0 Å². The van der Waals surface area contributed by atoms with Crippen LogP contribution in [0.2, 0.25) is 0 Å². The van der Waals surface area contributed by atoms with Crippen molar-refractivity contribution < 1.29 is 4.39 Å². The predicted octanol–water partition coefficient (Wildman–Crippen LogP) is 3.22. The van der Waals surface area contributed by atoms with Gasteiger partial charge in [0.1, 0.15) is 5.82 Å². The quantitative estimate of drug-likeness (QED) is 0.808. The highest BCUT2D eigenvalue weighted by Crippen LogP contribution is 2.28. The predicted molar refractivity (Wildman–Crippen MR) is 56.2 cm³/mol. The Kier molecular flexibility index (Phi) is 3.09. The highest BCUT2D eigenvalue weighted by Gasteiger charge is 2.13. The third-order valence-corrected chi connectivity index (χ3v) is 3.06. The van der Waals surface area contributed by atoms with E-state index in [-0.39, 0.29) is 11.9 Å². The van der Waals surface area contributed by atoms with Gasteiger partial charge in [-0.25, -0.2) is 4.39 Å². The topological polar surface area (TPSA) is 26.0 Å². The first-order valence-electron chi connectivity index (χ1n) is 4.15. The lowest BCUT2D eigenvalue weighted by Crippen LogP contribution is -2.10. The lowest BCUT2D eigenvalue weighted by atomic mass is 9.97. The van der Waals surface area contributed by atoms with Gasteiger partial charge in [-0.05, 0) is 43.5 Å². The van der Waals surface area contributed by atoms with E-state index in [0.717, 1.165) is 15.6 Å². The van der Waals surface area contributed by atoms with Crippen molar-refractivity contribution in [2.24, 2.45) is 5.73 Å². The van der Waals surface area contributed by atoms with E-state index in [1.54, 1.807) is 6.92 Å². The fourth-order valence-corrected chi connectivity index (χ4v) is 1.96. The number of rotatable bonds is 1. The Hall–Kier alpha value is -0.410. The summed E-state index contributed by atoms with van der Waals surface area (Å²) in [6.45, 7) is 5.56. The summed E-state index contributed by atoms with van der Waals surface area (Å²) in [5.41, 5.74) is 8.33. The maximum Gasteiger partial charge on any atom is 0.127 e. The smallest absolute Gasteiger partial charge is 0.127 e. The Bertz CT molecular complexity index is 308. The maximum absolute atomic E-state index is 13.3. The lowest BCUT2D eigenvalue weighted by molar-refractivity contribution is 0.609. The van der Waals surface area contributed by atoms with Gasteiger partial charge < -0.3 is 5.73 Å². The summed E-state index contributed by atoms with van der Waals surface area (Å²) in [7, 11) is 0. The molecule has 0 bridgehead atoms. The van der Waals surface area contributed by atoms with Gasteiger partial charge in [0.2, 0.25) is 0 Å². The van der Waals surface area contributed by atoms with Gasteiger partial charge in [0, 0.05) is 10.5 Å². The molecule has 1 rings (SSSR count). The first-order valence-corrected chi connectivity index (χ1v) is 4.95. The van der Waals surface area contributed by atoms with Crippen LogP contribution in [0.4, 0.5) is 4.39 Å². The number of hydrogen-bond acceptors (Lipinski definition) is 1. The van der Waals surface area contributed by atoms with Crippen molar-refractivity contribution in [3.63, 3.8) is 0 Å². The summed E-state index contributed by atoms with van der Waals surface area (Å²) in [6.07, 6.45) is 0. The van der Waals surface area contributed by atoms with Gasteiger partial charge in [0.25, 0.3) is 0 Å². The Morgan fingerprint density at radius 1 is 1.38 bits per heavy atom. The molecule has 0 radical (unpaired) electrons. The highest BCUT2D eigenvalue weighted by atomic mass is 79.9. The van der Waals surface area contributed by atoms with Crippen LogP contribution in [0.3, 0.4) is 0 Å². The van der Waals surface area contributed by atoms with Gasteiger partial charge in [-0.15, -0.1) is 0 Å². The minimum Gasteiger partial charge on any atom is -0.324 e. The summed E-state index contributed by atoms with van der Waals surface area (Å²) in [6, 6.07) is 1.35. The minimum absolute atomic E-state index is 0.132. The van der Waals surface area contributed by atoms with Crippen LogP contribution in [0.1, 0.15) is 29.7 Å². The summed E-state index contributed by atoms with van der Waals surface area (Å²) in [5.74, 6) is -0.204. The molecule has 3 heteroatoms. The molecule has 13 heavy (non-hydrogen) atoms. The van der Waals surface area contributed by atoms with Crippen LogP contribution < -0.4 is 5.73 Å². The summed E-state index contributed by atoms with van der Waals surface area (Å²) < 4.78 is 14.1. The van der Waals surface area contributed by atoms with Gasteiger partial charge in [0.15, 0.2) is 0 Å². The fraction of sp³-hybridized carbons (Fsp3) is 0.400. The Labute approximate surface area is 86.3 Å². The SMILES string of the molecule is Cc1c(F)cc(Br)c(C)c1C(C)N. The molecule has 2 N–H and O–H groups in total. The Morgan fingerprint density at radius 2 is 1.92 bits per heavy atom. The van der Waals surface area contributed by atoms with Gasteiger partial charge in [0.05, 0.1) is 0 Å². The molecule has 0 aliphatic heterocycles. The monoisotopic (exact) mass is 245 g/mol. The van der Waals surface area contributed by atoms with E-state index in [2.05, 4.69) is 15.9 Å². The zero-order valence-electron chi connectivity index (χ0n) is 7.99. The first-order chi connectivity index (χ1) is 5.95. The largest absolute Gasteiger partial charge is 0.324 e. The van der Waals surface area contributed by atoms with Crippen molar-refractivity contribution in [2.45, 2.75) is 26.8 Å². The first kappa shape index (κ1) is 10.7. The number of benzene rings is 1. The fourth-order valence-electron chi connectivity index (χ4n) is 1.55. The molecule has 1 aromatic rings. The highest BCUT2D eigenvalue weighted by molar-refractivity contribution is 9.10. The second-order valence-corrected chi connectivity index (χ2v) is 4.15. The van der Waals surface area contributed by atoms with E-state index < -0.39 is 0 Å². The van der Waals surface area contributed by atoms with Crippen LogP contribution in [0.15, 0.2) is 10.5 Å². The summed E-state index contributed by atoms with van der Waals surface area (Å²) in [4.78, 5) is 0. The van der Waals surface area contributed by atoms with Gasteiger partial charge in [-0.2, -0.15) is 0 Å². The molecule has 1 nitrogen and oxygen atoms in total. The van der Waals surface area contributed by atoms with Crippen LogP contribution in [0, 0.1) is 19.7 Å². The third-order valence-electron chi connectivity index (χ3n) is 2.23. The Balaban J connectivity index is 3.46. The molecule has 0 heterocycles. The second kappa shape index (κ2) is 3.76. The number of nitrogens with two attached hydrogens (primary N) is 1. The molecule has 0 saturated carbocycles. The molecular weight excluding hydrogens is 233 g/mol. The second-order valence-electron chi connectivity index (χ2n) is 3.29. The van der Waals surface area contributed by atoms with Crippen LogP contribution in [-0.2, 0) is 0 Å². The van der Waals surface area contributed by atoms with Crippen molar-refractivity contribution in [1.29, 1.82) is 0 Å². The standard InChI is InChI=1S/C10H13BrFN/c1-5-8(11)4-9(12)6(2)10(5)7(3)13/h4,7H,13H2,1-3H3. The minimum atomic E-state index is -0.204. The molecule has 0 aliphatic rings. The van der Waals surface area contributed by atoms with Crippen molar-refractivity contribution >= 4 is 15.9 Å². The van der Waals surface area contributed by atoms with Crippen molar-refractivity contribution in [2.75, 3.05) is 0 Å². The molecule has 1 unspecified atom stereocenters. The summed E-state index contributed by atoms with van der Waals surface area (Å²) >= 11 is 3.30. The summed E-state index contributed by atoms with van der Waals surface area (Å²) in [5, 5.41) is 0. The van der Waals surface area contributed by atoms with Crippen molar-refractivity contribution in [3.8, 4) is 0 Å². The molecule has 0 saturated heterocycles. The zero-order valence-corrected chi connectivity index (χ0v) is 9.57. The Morgan fingerprint density at radius 3 is 2.38 bits per heavy atom. The average molecular weight is 246 g/mol. The van der Waals surface area contributed by atoms with Gasteiger partial charge >= 0.3 is 0 Å². The molecule has 0 amide bonds. The van der Waals surface area contributed by atoms with E-state index in [1.165, 1.54) is 6.07 Å². The van der Waals surface area contributed by atoms with E-state index in [4.69, 9.17) is 5.73 Å². The van der Waals surface area contributed by atoms with E-state index in [9.17, 15) is 4.39 Å². The molecule has 1 aromatic carbocycles. The van der Waals surface area contributed by atoms with E-state index in [1.807, 2.05) is 13.8 Å². The molecule has 1 atom stereocenters. The van der Waals surface area contributed by atoms with Crippen LogP contribution in [-0.4, -0.2) is 0 Å². The third kappa shape index (κ3) is 1.92. The lowest BCUT2D eigenvalue weighted by Gasteiger charge is -2.15. The molecule has 0 aromatic heterocycles.